The Bertz CT molecular complexity index is 375. The molecule has 2 saturated carbocycles. The molecule has 104 valence electrons. The summed E-state index contributed by atoms with van der Waals surface area (Å²) in [6.07, 6.45) is 2.54. The molecule has 0 saturated heterocycles. The molecule has 0 aliphatic heterocycles. The van der Waals surface area contributed by atoms with Crippen molar-refractivity contribution in [3.8, 4) is 0 Å². The van der Waals surface area contributed by atoms with E-state index in [1.54, 1.807) is 0 Å². The van der Waals surface area contributed by atoms with Crippen LogP contribution in [0, 0.1) is 16.7 Å². The van der Waals surface area contributed by atoms with Crippen LogP contribution < -0.4 is 0 Å². The first-order valence-electron chi connectivity index (χ1n) is 7.29. The fraction of sp³-hybridized carbons (Fsp3) is 0.875. The van der Waals surface area contributed by atoms with Gasteiger partial charge in [-0.3, -0.25) is 0 Å². The van der Waals surface area contributed by atoms with Crippen LogP contribution in [0.5, 0.6) is 0 Å². The van der Waals surface area contributed by atoms with Crippen LogP contribution >= 0.6 is 0 Å². The molecule has 1 nitrogen and oxygen atoms in total. The minimum atomic E-state index is -1.63. The van der Waals surface area contributed by atoms with Crippen molar-refractivity contribution in [3.63, 3.8) is 0 Å². The molecule has 0 aromatic carbocycles. The van der Waals surface area contributed by atoms with E-state index in [-0.39, 0.29) is 0 Å². The van der Waals surface area contributed by atoms with Gasteiger partial charge in [0.05, 0.1) is 0 Å². The zero-order valence-electron chi connectivity index (χ0n) is 13.3. The van der Waals surface area contributed by atoms with Gasteiger partial charge >= 0.3 is 0 Å². The highest BCUT2D eigenvalue weighted by atomic mass is 28.4. The first-order chi connectivity index (χ1) is 7.97. The second-order valence-corrected chi connectivity index (χ2v) is 13.2. The first kappa shape index (κ1) is 14.3. The normalized spacial score (nSPS) is 34.6. The molecule has 2 rings (SSSR count). The molecular formula is C16H30OSi. The summed E-state index contributed by atoms with van der Waals surface area (Å²) in [6, 6.07) is 0. The Morgan fingerprint density at radius 2 is 1.89 bits per heavy atom. The molecule has 0 aromatic heterocycles. The van der Waals surface area contributed by atoms with Gasteiger partial charge in [-0.15, -0.1) is 0 Å². The minimum Gasteiger partial charge on any atom is -0.416 e. The summed E-state index contributed by atoms with van der Waals surface area (Å²) in [5.41, 5.74) is 2.18. The average Bonchev–Trinajstić information content (AvgIpc) is 2.48. The van der Waals surface area contributed by atoms with Gasteiger partial charge in [0.25, 0.3) is 0 Å². The van der Waals surface area contributed by atoms with E-state index in [9.17, 15) is 0 Å². The van der Waals surface area contributed by atoms with Crippen molar-refractivity contribution in [2.24, 2.45) is 16.7 Å². The summed E-state index contributed by atoms with van der Waals surface area (Å²) in [6.45, 7) is 21.7. The number of hydrogen-bond acceptors (Lipinski definition) is 1. The second-order valence-electron chi connectivity index (χ2n) is 8.44. The molecule has 0 unspecified atom stereocenters. The average molecular weight is 267 g/mol. The molecule has 0 aromatic rings. The van der Waals surface area contributed by atoms with Crippen LogP contribution in [0.25, 0.3) is 0 Å². The highest BCUT2D eigenvalue weighted by Crippen LogP contribution is 2.78. The lowest BCUT2D eigenvalue weighted by Gasteiger charge is -2.38. The van der Waals surface area contributed by atoms with Crippen LogP contribution in [0.4, 0.5) is 0 Å². The highest BCUT2D eigenvalue weighted by molar-refractivity contribution is 6.74. The molecule has 0 bridgehead atoms. The maximum Gasteiger partial charge on any atom is 0.192 e. The summed E-state index contributed by atoms with van der Waals surface area (Å²) in [4.78, 5) is 0. The van der Waals surface area contributed by atoms with Gasteiger partial charge in [0, 0.05) is 12.0 Å². The van der Waals surface area contributed by atoms with Crippen LogP contribution in [-0.4, -0.2) is 14.9 Å². The maximum absolute atomic E-state index is 6.51. The molecule has 0 radical (unpaired) electrons. The van der Waals surface area contributed by atoms with E-state index in [1.807, 2.05) is 0 Å². The summed E-state index contributed by atoms with van der Waals surface area (Å²) >= 11 is 0. The molecular weight excluding hydrogens is 236 g/mol. The van der Waals surface area contributed by atoms with Gasteiger partial charge in [0.1, 0.15) is 0 Å². The van der Waals surface area contributed by atoms with E-state index in [0.717, 1.165) is 12.5 Å². The lowest BCUT2D eigenvalue weighted by molar-refractivity contribution is 0.209. The van der Waals surface area contributed by atoms with E-state index in [1.165, 1.54) is 18.4 Å². The van der Waals surface area contributed by atoms with E-state index >= 15 is 0 Å². The SMILES string of the molecule is C=C1CC[C@H]2C(C)(C)[C@]12CO[Si](C)(C)C(C)(C)C. The number of rotatable bonds is 3. The highest BCUT2D eigenvalue weighted by Gasteiger charge is 2.74. The molecule has 2 aliphatic carbocycles. The van der Waals surface area contributed by atoms with Crippen molar-refractivity contribution < 1.29 is 4.43 Å². The molecule has 2 heteroatoms. The Morgan fingerprint density at radius 1 is 1.33 bits per heavy atom. The lowest BCUT2D eigenvalue weighted by atomic mass is 9.88. The molecule has 0 heterocycles. The third-order valence-electron chi connectivity index (χ3n) is 6.37. The quantitative estimate of drug-likeness (QED) is 0.516. The standard InChI is InChI=1S/C16H30OSi/c1-12-9-10-13-15(5,6)16(12,13)11-17-18(7,8)14(2,3)4/h13H,1,9-11H2,2-8H3/t13-,16+/m0/s1. The van der Waals surface area contributed by atoms with Gasteiger partial charge in [-0.05, 0) is 42.3 Å². The molecule has 0 amide bonds. The van der Waals surface area contributed by atoms with Gasteiger partial charge in [0.2, 0.25) is 0 Å². The van der Waals surface area contributed by atoms with Gasteiger partial charge in [-0.25, -0.2) is 0 Å². The Labute approximate surface area is 114 Å². The van der Waals surface area contributed by atoms with Crippen LogP contribution in [0.3, 0.4) is 0 Å². The van der Waals surface area contributed by atoms with Gasteiger partial charge in [-0.2, -0.15) is 0 Å². The third-order valence-corrected chi connectivity index (χ3v) is 10.8. The molecule has 2 fully saturated rings. The summed E-state index contributed by atoms with van der Waals surface area (Å²) in [5.74, 6) is 0.822. The zero-order valence-corrected chi connectivity index (χ0v) is 14.3. The summed E-state index contributed by atoms with van der Waals surface area (Å²) in [5, 5.41) is 0.304. The van der Waals surface area contributed by atoms with Crippen molar-refractivity contribution in [1.29, 1.82) is 0 Å². The monoisotopic (exact) mass is 266 g/mol. The Kier molecular flexibility index (Phi) is 2.97. The largest absolute Gasteiger partial charge is 0.416 e. The lowest BCUT2D eigenvalue weighted by Crippen LogP contribution is -2.42. The van der Waals surface area contributed by atoms with Crippen LogP contribution in [-0.2, 0) is 4.43 Å². The van der Waals surface area contributed by atoms with Crippen LogP contribution in [0.2, 0.25) is 18.1 Å². The Morgan fingerprint density at radius 3 is 2.28 bits per heavy atom. The predicted molar refractivity (Wildman–Crippen MR) is 81.2 cm³/mol. The molecule has 2 aliphatic rings. The molecule has 18 heavy (non-hydrogen) atoms. The molecule has 2 atom stereocenters. The van der Waals surface area contributed by atoms with Crippen LogP contribution in [0.1, 0.15) is 47.5 Å². The molecule has 0 N–H and O–H groups in total. The van der Waals surface area contributed by atoms with Crippen molar-refractivity contribution in [1.82, 2.24) is 0 Å². The fourth-order valence-corrected chi connectivity index (χ4v) is 4.74. The zero-order chi connectivity index (χ0) is 14.0. The first-order valence-corrected chi connectivity index (χ1v) is 10.2. The maximum atomic E-state index is 6.51. The van der Waals surface area contributed by atoms with E-state index < -0.39 is 8.32 Å². The van der Waals surface area contributed by atoms with E-state index in [4.69, 9.17) is 4.43 Å². The predicted octanol–water partition coefficient (Wildman–Crippen LogP) is 5.00. The fourth-order valence-electron chi connectivity index (χ4n) is 3.72. The van der Waals surface area contributed by atoms with Gasteiger partial charge in [-0.1, -0.05) is 46.8 Å². The van der Waals surface area contributed by atoms with Crippen molar-refractivity contribution >= 4 is 8.32 Å². The number of hydrogen-bond donors (Lipinski definition) is 0. The summed E-state index contributed by atoms with van der Waals surface area (Å²) in [7, 11) is -1.63. The van der Waals surface area contributed by atoms with Gasteiger partial charge in [0.15, 0.2) is 8.32 Å². The summed E-state index contributed by atoms with van der Waals surface area (Å²) < 4.78 is 6.51. The Balaban J connectivity index is 2.10. The minimum absolute atomic E-state index is 0.304. The van der Waals surface area contributed by atoms with Crippen molar-refractivity contribution in [3.05, 3.63) is 12.2 Å². The van der Waals surface area contributed by atoms with Crippen molar-refractivity contribution in [2.75, 3.05) is 6.61 Å². The third kappa shape index (κ3) is 1.68. The smallest absolute Gasteiger partial charge is 0.192 e. The van der Waals surface area contributed by atoms with Crippen molar-refractivity contribution in [2.45, 2.75) is 65.6 Å². The second kappa shape index (κ2) is 3.73. The van der Waals surface area contributed by atoms with Crippen LogP contribution in [0.15, 0.2) is 12.2 Å². The number of fused-ring (bicyclic) bond motifs is 1. The Hall–Kier alpha value is -0.0831. The topological polar surface area (TPSA) is 9.23 Å². The van der Waals surface area contributed by atoms with E-state index in [2.05, 4.69) is 54.3 Å². The van der Waals surface area contributed by atoms with E-state index in [0.29, 0.717) is 15.9 Å². The molecule has 0 spiro atoms. The van der Waals surface area contributed by atoms with Gasteiger partial charge < -0.3 is 4.43 Å².